The summed E-state index contributed by atoms with van der Waals surface area (Å²) < 4.78 is 67.0. The molecule has 0 aliphatic carbocycles. The van der Waals surface area contributed by atoms with Crippen molar-refractivity contribution in [2.75, 3.05) is 5.75 Å². The lowest BCUT2D eigenvalue weighted by atomic mass is 10.0. The highest BCUT2D eigenvalue weighted by molar-refractivity contribution is 7.91. The van der Waals surface area contributed by atoms with E-state index in [-0.39, 0.29) is 43.3 Å². The molecular formula is C23H16Cl3F3N2O3S. The zero-order valence-electron chi connectivity index (χ0n) is 17.9. The van der Waals surface area contributed by atoms with Crippen LogP contribution in [0.2, 0.25) is 15.1 Å². The minimum Gasteiger partial charge on any atom is -0.405 e. The quantitative estimate of drug-likeness (QED) is 0.264. The van der Waals surface area contributed by atoms with Crippen LogP contribution in [0.5, 0.6) is 5.75 Å². The maximum Gasteiger partial charge on any atom is 0.573 e. The fourth-order valence-corrected chi connectivity index (χ4v) is 5.48. The lowest BCUT2D eigenvalue weighted by molar-refractivity contribution is -0.274. The van der Waals surface area contributed by atoms with Crippen LogP contribution in [0, 0.1) is 0 Å². The zero-order valence-corrected chi connectivity index (χ0v) is 21.0. The van der Waals surface area contributed by atoms with Gasteiger partial charge in [-0.15, -0.1) is 13.2 Å². The highest BCUT2D eigenvalue weighted by atomic mass is 35.5. The molecule has 4 rings (SSSR count). The number of rotatable bonds is 6. The number of aromatic amines is 1. The van der Waals surface area contributed by atoms with Crippen LogP contribution in [0.25, 0.3) is 22.2 Å². The normalized spacial score (nSPS) is 12.3. The average Bonchev–Trinajstić information content (AvgIpc) is 3.17. The molecule has 0 saturated carbocycles. The molecule has 3 aromatic carbocycles. The van der Waals surface area contributed by atoms with E-state index in [1.807, 2.05) is 0 Å². The van der Waals surface area contributed by atoms with Gasteiger partial charge in [0.1, 0.15) is 17.1 Å². The van der Waals surface area contributed by atoms with Crippen molar-refractivity contribution in [3.05, 3.63) is 75.0 Å². The van der Waals surface area contributed by atoms with E-state index in [1.54, 1.807) is 13.0 Å². The highest BCUT2D eigenvalue weighted by Gasteiger charge is 2.33. The summed E-state index contributed by atoms with van der Waals surface area (Å²) in [6, 6.07) is 11.5. The van der Waals surface area contributed by atoms with Gasteiger partial charge in [0.25, 0.3) is 0 Å². The summed E-state index contributed by atoms with van der Waals surface area (Å²) in [6.07, 6.45) is -4.68. The maximum absolute atomic E-state index is 12.9. The minimum atomic E-state index is -4.90. The summed E-state index contributed by atoms with van der Waals surface area (Å²) in [6.45, 7) is 1.54. The van der Waals surface area contributed by atoms with E-state index < -0.39 is 21.9 Å². The van der Waals surface area contributed by atoms with Gasteiger partial charge in [-0.3, -0.25) is 0 Å². The van der Waals surface area contributed by atoms with E-state index in [4.69, 9.17) is 34.8 Å². The van der Waals surface area contributed by atoms with Crippen molar-refractivity contribution in [1.29, 1.82) is 0 Å². The van der Waals surface area contributed by atoms with Gasteiger partial charge >= 0.3 is 6.36 Å². The highest BCUT2D eigenvalue weighted by Crippen LogP contribution is 2.44. The molecule has 0 bridgehead atoms. The number of sulfone groups is 1. The summed E-state index contributed by atoms with van der Waals surface area (Å²) in [5.74, 6) is -0.0545. The van der Waals surface area contributed by atoms with Crippen molar-refractivity contribution >= 4 is 55.7 Å². The first kappa shape index (κ1) is 25.6. The van der Waals surface area contributed by atoms with E-state index in [0.29, 0.717) is 22.4 Å². The van der Waals surface area contributed by atoms with E-state index in [2.05, 4.69) is 14.7 Å². The van der Waals surface area contributed by atoms with Crippen molar-refractivity contribution in [2.24, 2.45) is 0 Å². The van der Waals surface area contributed by atoms with Crippen LogP contribution in [0.1, 0.15) is 18.3 Å². The molecule has 12 heteroatoms. The van der Waals surface area contributed by atoms with Crippen molar-refractivity contribution in [1.82, 2.24) is 9.97 Å². The van der Waals surface area contributed by atoms with Gasteiger partial charge in [0.05, 0.1) is 26.2 Å². The number of ether oxygens (including phenoxy) is 1. The Hall–Kier alpha value is -2.46. The molecule has 0 aliphatic heterocycles. The summed E-state index contributed by atoms with van der Waals surface area (Å²) in [4.78, 5) is 7.68. The first-order valence-corrected chi connectivity index (χ1v) is 12.9. The summed E-state index contributed by atoms with van der Waals surface area (Å²) >= 11 is 19.3. The molecule has 35 heavy (non-hydrogen) atoms. The number of hydrogen-bond donors (Lipinski definition) is 1. The second-order valence-corrected chi connectivity index (χ2v) is 11.0. The SMILES string of the molecule is CCS(=O)(=O)c1ccc(Cc2nc3c(Cl)c(-c4ccccc4OC(F)(F)F)c(Cl)cc3[nH]2)c(Cl)c1. The predicted molar refractivity (Wildman–Crippen MR) is 130 cm³/mol. The Bertz CT molecular complexity index is 1540. The largest absolute Gasteiger partial charge is 0.573 e. The summed E-state index contributed by atoms with van der Waals surface area (Å²) in [7, 11) is -3.41. The number of H-pyrrole nitrogens is 1. The van der Waals surface area contributed by atoms with E-state index in [0.717, 1.165) is 0 Å². The number of fused-ring (bicyclic) bond motifs is 1. The van der Waals surface area contributed by atoms with Crippen molar-refractivity contribution < 1.29 is 26.3 Å². The van der Waals surface area contributed by atoms with Crippen molar-refractivity contribution in [2.45, 2.75) is 24.6 Å². The van der Waals surface area contributed by atoms with Gasteiger partial charge in [-0.2, -0.15) is 0 Å². The molecule has 5 nitrogen and oxygen atoms in total. The van der Waals surface area contributed by atoms with Gasteiger partial charge in [0.15, 0.2) is 9.84 Å². The van der Waals surface area contributed by atoms with Crippen molar-refractivity contribution in [3.63, 3.8) is 0 Å². The van der Waals surface area contributed by atoms with Gasteiger partial charge in [-0.05, 0) is 29.8 Å². The Kier molecular flexibility index (Phi) is 6.98. The number of hydrogen-bond acceptors (Lipinski definition) is 4. The fraction of sp³-hybridized carbons (Fsp3) is 0.174. The Morgan fingerprint density at radius 1 is 1.03 bits per heavy atom. The Morgan fingerprint density at radius 3 is 2.40 bits per heavy atom. The Morgan fingerprint density at radius 2 is 1.74 bits per heavy atom. The number of nitrogens with one attached hydrogen (secondary N) is 1. The standard InChI is InChI=1S/C23H16Cl3F3N2O3S/c1-2-35(32,33)13-8-7-12(15(24)10-13)9-19-30-17-11-16(25)20(21(26)22(17)31-19)14-5-3-4-6-18(14)34-23(27,28)29/h3-8,10-11H,2,9H2,1H3,(H,30,31). The number of halogens is 6. The molecule has 1 N–H and O–H groups in total. The molecule has 184 valence electrons. The van der Waals surface area contributed by atoms with Gasteiger partial charge in [-0.1, -0.05) is 66.0 Å². The van der Waals surface area contributed by atoms with Crippen LogP contribution in [-0.4, -0.2) is 30.5 Å². The lowest BCUT2D eigenvalue weighted by Crippen LogP contribution is -2.17. The van der Waals surface area contributed by atoms with Crippen molar-refractivity contribution in [3.8, 4) is 16.9 Å². The molecular weight excluding hydrogens is 548 g/mol. The second-order valence-electron chi connectivity index (χ2n) is 7.50. The molecule has 0 saturated heterocycles. The smallest absolute Gasteiger partial charge is 0.405 e. The topological polar surface area (TPSA) is 72.1 Å². The van der Waals surface area contributed by atoms with Crippen LogP contribution in [-0.2, 0) is 16.3 Å². The molecule has 0 unspecified atom stereocenters. The minimum absolute atomic E-state index is 0.0451. The van der Waals surface area contributed by atoms with E-state index >= 15 is 0 Å². The number of para-hydroxylation sites is 1. The average molecular weight is 564 g/mol. The van der Waals surface area contributed by atoms with Crippen LogP contribution in [0.3, 0.4) is 0 Å². The number of nitrogens with zero attached hydrogens (tertiary/aromatic N) is 1. The van der Waals surface area contributed by atoms with Gasteiger partial charge < -0.3 is 9.72 Å². The van der Waals surface area contributed by atoms with Gasteiger partial charge in [0.2, 0.25) is 0 Å². The molecule has 0 radical (unpaired) electrons. The third kappa shape index (κ3) is 5.38. The number of benzene rings is 3. The molecule has 0 amide bonds. The fourth-order valence-electron chi connectivity index (χ4n) is 3.56. The Balaban J connectivity index is 1.74. The van der Waals surface area contributed by atoms with Gasteiger partial charge in [0, 0.05) is 22.6 Å². The summed E-state index contributed by atoms with van der Waals surface area (Å²) in [5.41, 5.74) is 1.58. The number of aromatic nitrogens is 2. The van der Waals surface area contributed by atoms with E-state index in [1.165, 1.54) is 42.5 Å². The van der Waals surface area contributed by atoms with E-state index in [9.17, 15) is 21.6 Å². The molecule has 0 spiro atoms. The van der Waals surface area contributed by atoms with Crippen LogP contribution >= 0.6 is 34.8 Å². The van der Waals surface area contributed by atoms with Crippen LogP contribution in [0.15, 0.2) is 53.4 Å². The first-order valence-electron chi connectivity index (χ1n) is 10.1. The Labute approximate surface area is 213 Å². The summed E-state index contributed by atoms with van der Waals surface area (Å²) in [5, 5.41) is 0.398. The lowest BCUT2D eigenvalue weighted by Gasteiger charge is -2.15. The number of imidazole rings is 1. The monoisotopic (exact) mass is 562 g/mol. The molecule has 0 atom stereocenters. The first-order chi connectivity index (χ1) is 16.4. The van der Waals surface area contributed by atoms with Crippen LogP contribution < -0.4 is 4.74 Å². The molecule has 1 heterocycles. The third-order valence-electron chi connectivity index (χ3n) is 5.22. The zero-order chi connectivity index (χ0) is 25.5. The predicted octanol–water partition coefficient (Wildman–Crippen LogP) is 7.47. The second kappa shape index (κ2) is 9.54. The number of alkyl halides is 3. The molecule has 0 aliphatic rings. The van der Waals surface area contributed by atoms with Crippen LogP contribution in [0.4, 0.5) is 13.2 Å². The molecule has 0 fully saturated rings. The third-order valence-corrected chi connectivity index (χ3v) is 7.97. The molecule has 4 aromatic rings. The maximum atomic E-state index is 12.9. The van der Waals surface area contributed by atoms with Gasteiger partial charge in [-0.25, -0.2) is 13.4 Å². The molecule has 1 aromatic heterocycles.